The third kappa shape index (κ3) is 5.50. The summed E-state index contributed by atoms with van der Waals surface area (Å²) < 4.78 is 41.1. The normalized spacial score (nSPS) is 19.3. The van der Waals surface area contributed by atoms with Crippen LogP contribution in [-0.4, -0.2) is 25.8 Å². The van der Waals surface area contributed by atoms with E-state index in [1.165, 1.54) is 6.07 Å². The number of hydrogen-bond donors (Lipinski definition) is 2. The van der Waals surface area contributed by atoms with Crippen molar-refractivity contribution in [3.05, 3.63) is 53.5 Å². The maximum atomic E-state index is 13.0. The van der Waals surface area contributed by atoms with Crippen molar-refractivity contribution in [3.63, 3.8) is 0 Å². The highest BCUT2D eigenvalue weighted by Gasteiger charge is 2.33. The van der Waals surface area contributed by atoms with Crippen molar-refractivity contribution in [1.29, 1.82) is 0 Å². The molecule has 0 radical (unpaired) electrons. The molecule has 4 rings (SSSR count). The first-order valence-corrected chi connectivity index (χ1v) is 11.9. The minimum atomic E-state index is -4.66. The van der Waals surface area contributed by atoms with Crippen molar-refractivity contribution in [2.75, 3.05) is 5.32 Å². The van der Waals surface area contributed by atoms with Gasteiger partial charge in [-0.25, -0.2) is 4.98 Å². The fourth-order valence-electron chi connectivity index (χ4n) is 4.83. The van der Waals surface area contributed by atoms with Gasteiger partial charge in [-0.3, -0.25) is 9.48 Å². The molecule has 1 amide bonds. The zero-order valence-corrected chi connectivity index (χ0v) is 20.4. The molecule has 0 spiro atoms. The molecule has 1 fully saturated rings. The minimum absolute atomic E-state index is 0.287. The van der Waals surface area contributed by atoms with Crippen molar-refractivity contribution in [2.45, 2.75) is 71.2 Å². The Kier molecular flexibility index (Phi) is 6.66. The summed E-state index contributed by atoms with van der Waals surface area (Å²) in [7, 11) is 0. The second kappa shape index (κ2) is 9.26. The number of aromatic nitrogens is 3. The predicted octanol–water partition coefficient (Wildman–Crippen LogP) is 6.32. The lowest BCUT2D eigenvalue weighted by Crippen LogP contribution is -2.22. The lowest BCUT2D eigenvalue weighted by atomic mass is 9.80. The van der Waals surface area contributed by atoms with E-state index >= 15 is 0 Å². The molecule has 1 saturated carbocycles. The maximum absolute atomic E-state index is 13.0. The van der Waals surface area contributed by atoms with Gasteiger partial charge in [0.1, 0.15) is 11.4 Å². The number of alkyl halides is 3. The molecule has 1 aromatic carbocycles. The van der Waals surface area contributed by atoms with Crippen LogP contribution >= 0.6 is 0 Å². The molecule has 1 aliphatic carbocycles. The third-order valence-electron chi connectivity index (χ3n) is 6.90. The highest BCUT2D eigenvalue weighted by molar-refractivity contribution is 6.04. The number of rotatable bonds is 5. The third-order valence-corrected chi connectivity index (χ3v) is 6.90. The number of aliphatic hydroxyl groups is 1. The molecule has 3 aromatic rings. The number of pyridine rings is 1. The van der Waals surface area contributed by atoms with E-state index in [1.54, 1.807) is 26.0 Å². The molecule has 6 nitrogen and oxygen atoms in total. The van der Waals surface area contributed by atoms with Gasteiger partial charge >= 0.3 is 6.18 Å². The Bertz CT molecular complexity index is 1220. The van der Waals surface area contributed by atoms with Crippen LogP contribution in [0.2, 0.25) is 0 Å². The van der Waals surface area contributed by atoms with E-state index in [0.29, 0.717) is 22.7 Å². The Morgan fingerprint density at radius 3 is 2.43 bits per heavy atom. The van der Waals surface area contributed by atoms with Crippen molar-refractivity contribution < 1.29 is 23.1 Å². The SMILES string of the molecule is CC(C)[C@H]1CC[C@H](n2cc3cc(NC(=O)c4cccc(C(F)(F)F)n4)c(C(C)(C)O)cc3n2)CC1. The topological polar surface area (TPSA) is 80.0 Å². The molecular formula is C26H31F3N4O2. The minimum Gasteiger partial charge on any atom is -0.386 e. The van der Waals surface area contributed by atoms with E-state index in [0.717, 1.165) is 49.1 Å². The Morgan fingerprint density at radius 1 is 1.14 bits per heavy atom. The van der Waals surface area contributed by atoms with Gasteiger partial charge in [-0.2, -0.15) is 18.3 Å². The molecule has 9 heteroatoms. The van der Waals surface area contributed by atoms with Crippen LogP contribution in [0.5, 0.6) is 0 Å². The van der Waals surface area contributed by atoms with Crippen LogP contribution in [0.15, 0.2) is 36.5 Å². The van der Waals surface area contributed by atoms with Gasteiger partial charge in [0.05, 0.1) is 17.2 Å². The second-order valence-electron chi connectivity index (χ2n) is 10.3. The molecule has 2 N–H and O–H groups in total. The number of carbonyl (C=O) groups is 1. The number of halogens is 3. The van der Waals surface area contributed by atoms with Crippen LogP contribution in [0.1, 0.15) is 81.2 Å². The van der Waals surface area contributed by atoms with Crippen molar-refractivity contribution in [2.24, 2.45) is 11.8 Å². The number of nitrogens with one attached hydrogen (secondary N) is 1. The van der Waals surface area contributed by atoms with Crippen LogP contribution in [0.4, 0.5) is 18.9 Å². The van der Waals surface area contributed by atoms with Gasteiger partial charge in [-0.15, -0.1) is 0 Å². The standard InChI is InChI=1S/C26H31F3N4O2/c1-15(2)16-8-10-18(11-9-16)33-14-17-12-22(19(25(3,4)35)13-21(17)32-33)31-24(34)20-6-5-7-23(30-20)26(27,28)29/h5-7,12-16,18,35H,8-11H2,1-4H3,(H,31,34)/t16-,18-. The van der Waals surface area contributed by atoms with Crippen LogP contribution in [-0.2, 0) is 11.8 Å². The average molecular weight is 489 g/mol. The van der Waals surface area contributed by atoms with Gasteiger partial charge in [0.25, 0.3) is 5.91 Å². The predicted molar refractivity (Wildman–Crippen MR) is 128 cm³/mol. The number of carbonyl (C=O) groups excluding carboxylic acids is 1. The summed E-state index contributed by atoms with van der Waals surface area (Å²) in [4.78, 5) is 16.3. The molecule has 2 heterocycles. The lowest BCUT2D eigenvalue weighted by Gasteiger charge is -2.30. The Hall–Kier alpha value is -2.94. The number of nitrogens with zero attached hydrogens (tertiary/aromatic N) is 3. The Labute approximate surface area is 202 Å². The Morgan fingerprint density at radius 2 is 1.83 bits per heavy atom. The van der Waals surface area contributed by atoms with Gasteiger partial charge in [0, 0.05) is 22.8 Å². The highest BCUT2D eigenvalue weighted by atomic mass is 19.4. The van der Waals surface area contributed by atoms with E-state index < -0.39 is 23.4 Å². The largest absolute Gasteiger partial charge is 0.433 e. The molecule has 0 saturated heterocycles. The smallest absolute Gasteiger partial charge is 0.386 e. The lowest BCUT2D eigenvalue weighted by molar-refractivity contribution is -0.141. The van der Waals surface area contributed by atoms with Gasteiger partial charge in [0.2, 0.25) is 0 Å². The molecule has 0 aliphatic heterocycles. The van der Waals surface area contributed by atoms with E-state index in [4.69, 9.17) is 5.10 Å². The summed E-state index contributed by atoms with van der Waals surface area (Å²) in [5, 5.41) is 18.9. The summed E-state index contributed by atoms with van der Waals surface area (Å²) in [6.07, 6.45) is 1.66. The first-order chi connectivity index (χ1) is 16.3. The quantitative estimate of drug-likeness (QED) is 0.441. The monoisotopic (exact) mass is 488 g/mol. The molecule has 188 valence electrons. The van der Waals surface area contributed by atoms with Gasteiger partial charge in [-0.05, 0) is 75.6 Å². The number of amides is 1. The van der Waals surface area contributed by atoms with Crippen molar-refractivity contribution in [1.82, 2.24) is 14.8 Å². The van der Waals surface area contributed by atoms with E-state index in [-0.39, 0.29) is 11.7 Å². The zero-order valence-electron chi connectivity index (χ0n) is 20.4. The zero-order chi connectivity index (χ0) is 25.5. The average Bonchev–Trinajstić information content (AvgIpc) is 3.20. The summed E-state index contributed by atoms with van der Waals surface area (Å²) >= 11 is 0. The molecule has 0 unspecified atom stereocenters. The van der Waals surface area contributed by atoms with E-state index in [9.17, 15) is 23.1 Å². The summed E-state index contributed by atoms with van der Waals surface area (Å²) in [5.74, 6) is 0.601. The van der Waals surface area contributed by atoms with Crippen LogP contribution < -0.4 is 5.32 Å². The van der Waals surface area contributed by atoms with E-state index in [2.05, 4.69) is 24.1 Å². The number of hydrogen-bond acceptors (Lipinski definition) is 4. The molecule has 2 aromatic heterocycles. The highest BCUT2D eigenvalue weighted by Crippen LogP contribution is 2.37. The van der Waals surface area contributed by atoms with Gasteiger partial charge in [-0.1, -0.05) is 19.9 Å². The molecule has 1 aliphatic rings. The second-order valence-corrected chi connectivity index (χ2v) is 10.3. The maximum Gasteiger partial charge on any atom is 0.433 e. The molecule has 35 heavy (non-hydrogen) atoms. The molecule has 0 atom stereocenters. The number of fused-ring (bicyclic) bond motifs is 1. The number of anilines is 1. The first kappa shape index (κ1) is 25.2. The van der Waals surface area contributed by atoms with Gasteiger partial charge in [0.15, 0.2) is 0 Å². The fourth-order valence-corrected chi connectivity index (χ4v) is 4.83. The summed E-state index contributed by atoms with van der Waals surface area (Å²) in [5.41, 5.74) is -1.42. The fraction of sp³-hybridized carbons (Fsp3) is 0.500. The van der Waals surface area contributed by atoms with Crippen LogP contribution in [0.25, 0.3) is 10.9 Å². The molecule has 0 bridgehead atoms. The first-order valence-electron chi connectivity index (χ1n) is 11.9. The van der Waals surface area contributed by atoms with E-state index in [1.807, 2.05) is 10.9 Å². The number of benzene rings is 1. The summed E-state index contributed by atoms with van der Waals surface area (Å²) in [6, 6.07) is 6.89. The van der Waals surface area contributed by atoms with Crippen LogP contribution in [0, 0.1) is 11.8 Å². The van der Waals surface area contributed by atoms with Crippen molar-refractivity contribution >= 4 is 22.5 Å². The van der Waals surface area contributed by atoms with Gasteiger partial charge < -0.3 is 10.4 Å². The summed E-state index contributed by atoms with van der Waals surface area (Å²) in [6.45, 7) is 7.68. The molecular weight excluding hydrogens is 457 g/mol. The Balaban J connectivity index is 1.64. The van der Waals surface area contributed by atoms with Crippen molar-refractivity contribution in [3.8, 4) is 0 Å². The van der Waals surface area contributed by atoms with Crippen LogP contribution in [0.3, 0.4) is 0 Å².